The molecule has 0 aromatic heterocycles. The Morgan fingerprint density at radius 1 is 1.40 bits per heavy atom. The van der Waals surface area contributed by atoms with E-state index >= 15 is 0 Å². The summed E-state index contributed by atoms with van der Waals surface area (Å²) in [7, 11) is 0. The molecule has 1 rings (SSSR count). The average molecular weight is 210 g/mol. The summed E-state index contributed by atoms with van der Waals surface area (Å²) in [6.07, 6.45) is 0.881. The van der Waals surface area contributed by atoms with Crippen molar-refractivity contribution in [1.29, 1.82) is 0 Å². The number of hydrogen-bond donors (Lipinski definition) is 3. The van der Waals surface area contributed by atoms with E-state index in [0.717, 1.165) is 12.1 Å². The van der Waals surface area contributed by atoms with Crippen LogP contribution in [0.3, 0.4) is 0 Å². The van der Waals surface area contributed by atoms with Crippen LogP contribution in [0, 0.1) is 5.92 Å². The molecule has 0 aliphatic heterocycles. The smallest absolute Gasteiger partial charge is 0.0487 e. The van der Waals surface area contributed by atoms with Gasteiger partial charge >= 0.3 is 0 Å². The fraction of sp³-hybridized carbons (Fsp3) is 0.500. The van der Waals surface area contributed by atoms with Gasteiger partial charge in [0.25, 0.3) is 0 Å². The molecule has 86 valence electrons. The maximum Gasteiger partial charge on any atom is 0.0487 e. The van der Waals surface area contributed by atoms with Crippen molar-refractivity contribution in [3.05, 3.63) is 29.8 Å². The van der Waals surface area contributed by atoms with Gasteiger partial charge in [-0.2, -0.15) is 0 Å². The molecule has 15 heavy (non-hydrogen) atoms. The molecule has 4 N–H and O–H groups in total. The Balaban J connectivity index is 0.000000921. The fourth-order valence-corrected chi connectivity index (χ4v) is 1.26. The van der Waals surface area contributed by atoms with Gasteiger partial charge in [-0.1, -0.05) is 32.9 Å². The highest BCUT2D eigenvalue weighted by molar-refractivity contribution is 5.44. The number of aliphatic hydroxyl groups excluding tert-OH is 1. The molecule has 0 spiro atoms. The third-order valence-electron chi connectivity index (χ3n) is 1.99. The van der Waals surface area contributed by atoms with Gasteiger partial charge in [0.05, 0.1) is 0 Å². The predicted octanol–water partition coefficient (Wildman–Crippen LogP) is 2.17. The van der Waals surface area contributed by atoms with Crippen molar-refractivity contribution in [2.75, 3.05) is 12.0 Å². The summed E-state index contributed by atoms with van der Waals surface area (Å²) in [5.74, 6) is 5.58. The van der Waals surface area contributed by atoms with Gasteiger partial charge in [-0.3, -0.25) is 5.84 Å². The van der Waals surface area contributed by atoms with E-state index < -0.39 is 0 Å². The number of aliphatic hydroxyl groups is 1. The highest BCUT2D eigenvalue weighted by Crippen LogP contribution is 2.13. The van der Waals surface area contributed by atoms with E-state index in [1.807, 2.05) is 45.0 Å². The number of hydrazine groups is 1. The second kappa shape index (κ2) is 8.26. The average Bonchev–Trinajstić information content (AvgIpc) is 2.31. The zero-order valence-corrected chi connectivity index (χ0v) is 9.83. The number of rotatable bonds is 4. The molecule has 3 nitrogen and oxygen atoms in total. The van der Waals surface area contributed by atoms with E-state index in [1.54, 1.807) is 0 Å². The first-order chi connectivity index (χ1) is 7.26. The summed E-state index contributed by atoms with van der Waals surface area (Å²) in [5, 5.41) is 8.88. The summed E-state index contributed by atoms with van der Waals surface area (Å²) in [4.78, 5) is 0. The van der Waals surface area contributed by atoms with Crippen molar-refractivity contribution < 1.29 is 5.11 Å². The Kier molecular flexibility index (Phi) is 7.68. The Hall–Kier alpha value is -1.06. The second-order valence-corrected chi connectivity index (χ2v) is 3.34. The standard InChI is InChI=1S/C10H16N2O.C2H6/c1-8(7-13)5-9-3-2-4-10(6-9)12-11;1-2/h2-4,6,8,12-13H,5,7,11H2,1H3;1-2H3. The zero-order valence-electron chi connectivity index (χ0n) is 9.83. The second-order valence-electron chi connectivity index (χ2n) is 3.34. The van der Waals surface area contributed by atoms with E-state index in [9.17, 15) is 0 Å². The molecule has 1 unspecified atom stereocenters. The van der Waals surface area contributed by atoms with Crippen LogP contribution in [0.5, 0.6) is 0 Å². The molecule has 1 atom stereocenters. The van der Waals surface area contributed by atoms with Crippen molar-refractivity contribution in [2.45, 2.75) is 27.2 Å². The molecule has 3 heteroatoms. The summed E-state index contributed by atoms with van der Waals surface area (Å²) in [6.45, 7) is 6.24. The molecular formula is C12H22N2O. The van der Waals surface area contributed by atoms with Crippen LogP contribution in [-0.4, -0.2) is 11.7 Å². The van der Waals surface area contributed by atoms with Gasteiger partial charge < -0.3 is 10.5 Å². The van der Waals surface area contributed by atoms with E-state index in [1.165, 1.54) is 5.56 Å². The lowest BCUT2D eigenvalue weighted by Gasteiger charge is -2.08. The van der Waals surface area contributed by atoms with Crippen molar-refractivity contribution in [2.24, 2.45) is 11.8 Å². The fourth-order valence-electron chi connectivity index (χ4n) is 1.26. The first-order valence-corrected chi connectivity index (χ1v) is 5.42. The SMILES string of the molecule is CC.CC(CO)Cc1cccc(NN)c1. The summed E-state index contributed by atoms with van der Waals surface area (Å²) >= 11 is 0. The summed E-state index contributed by atoms with van der Waals surface area (Å²) < 4.78 is 0. The zero-order chi connectivity index (χ0) is 11.7. The topological polar surface area (TPSA) is 58.3 Å². The number of anilines is 1. The molecule has 0 aliphatic rings. The van der Waals surface area contributed by atoms with Crippen LogP contribution in [0.2, 0.25) is 0 Å². The van der Waals surface area contributed by atoms with E-state index in [-0.39, 0.29) is 6.61 Å². The molecule has 0 aliphatic carbocycles. The third kappa shape index (κ3) is 5.40. The van der Waals surface area contributed by atoms with Gasteiger partial charge in [0.15, 0.2) is 0 Å². The number of hydrogen-bond acceptors (Lipinski definition) is 3. The molecule has 0 bridgehead atoms. The summed E-state index contributed by atoms with van der Waals surface area (Å²) in [6, 6.07) is 7.89. The molecule has 0 radical (unpaired) electrons. The van der Waals surface area contributed by atoms with Gasteiger partial charge in [-0.25, -0.2) is 0 Å². The van der Waals surface area contributed by atoms with Gasteiger partial charge in [0.2, 0.25) is 0 Å². The third-order valence-corrected chi connectivity index (χ3v) is 1.99. The maximum absolute atomic E-state index is 8.88. The highest BCUT2D eigenvalue weighted by atomic mass is 16.3. The number of nitrogens with two attached hydrogens (primary N) is 1. The van der Waals surface area contributed by atoms with Gasteiger partial charge in [0.1, 0.15) is 0 Å². The van der Waals surface area contributed by atoms with Crippen LogP contribution in [0.1, 0.15) is 26.3 Å². The Morgan fingerprint density at radius 3 is 2.60 bits per heavy atom. The Labute approximate surface area is 92.3 Å². The molecule has 0 saturated carbocycles. The minimum atomic E-state index is 0.223. The van der Waals surface area contributed by atoms with Crippen molar-refractivity contribution >= 4 is 5.69 Å². The molecular weight excluding hydrogens is 188 g/mol. The molecule has 1 aromatic rings. The largest absolute Gasteiger partial charge is 0.396 e. The molecule has 1 aromatic carbocycles. The van der Waals surface area contributed by atoms with E-state index in [0.29, 0.717) is 5.92 Å². The number of nitrogens with one attached hydrogen (secondary N) is 1. The van der Waals surface area contributed by atoms with E-state index in [4.69, 9.17) is 10.9 Å². The molecule has 0 saturated heterocycles. The van der Waals surface area contributed by atoms with Crippen LogP contribution in [0.4, 0.5) is 5.69 Å². The molecule has 0 fully saturated rings. The van der Waals surface area contributed by atoms with Gasteiger partial charge in [0, 0.05) is 12.3 Å². The number of benzene rings is 1. The lowest BCUT2D eigenvalue weighted by Crippen LogP contribution is -2.08. The van der Waals surface area contributed by atoms with Crippen molar-refractivity contribution in [3.63, 3.8) is 0 Å². The first kappa shape index (κ1) is 13.9. The van der Waals surface area contributed by atoms with Gasteiger partial charge in [-0.05, 0) is 30.0 Å². The van der Waals surface area contributed by atoms with Crippen molar-refractivity contribution in [3.8, 4) is 0 Å². The van der Waals surface area contributed by atoms with Crippen LogP contribution in [0.25, 0.3) is 0 Å². The lowest BCUT2D eigenvalue weighted by atomic mass is 10.0. The monoisotopic (exact) mass is 210 g/mol. The maximum atomic E-state index is 8.88. The lowest BCUT2D eigenvalue weighted by molar-refractivity contribution is 0.237. The van der Waals surface area contributed by atoms with Crippen LogP contribution >= 0.6 is 0 Å². The first-order valence-electron chi connectivity index (χ1n) is 5.42. The summed E-state index contributed by atoms with van der Waals surface area (Å²) in [5.41, 5.74) is 4.69. The molecule has 0 heterocycles. The number of nitrogen functional groups attached to an aromatic ring is 1. The van der Waals surface area contributed by atoms with Crippen LogP contribution in [0.15, 0.2) is 24.3 Å². The Bertz CT molecular complexity index is 264. The van der Waals surface area contributed by atoms with Crippen molar-refractivity contribution in [1.82, 2.24) is 0 Å². The van der Waals surface area contributed by atoms with Gasteiger partial charge in [-0.15, -0.1) is 0 Å². The normalized spacial score (nSPS) is 11.3. The minimum Gasteiger partial charge on any atom is -0.396 e. The van der Waals surface area contributed by atoms with E-state index in [2.05, 4.69) is 5.43 Å². The van der Waals surface area contributed by atoms with Crippen LogP contribution < -0.4 is 11.3 Å². The minimum absolute atomic E-state index is 0.223. The highest BCUT2D eigenvalue weighted by Gasteiger charge is 2.01. The molecule has 0 amide bonds. The quantitative estimate of drug-likeness (QED) is 0.527. The predicted molar refractivity (Wildman–Crippen MR) is 65.6 cm³/mol. The van der Waals surface area contributed by atoms with Crippen LogP contribution in [-0.2, 0) is 6.42 Å². The Morgan fingerprint density at radius 2 is 2.07 bits per heavy atom.